The fourth-order valence-corrected chi connectivity index (χ4v) is 1.71. The Hall–Kier alpha value is -1.58. The van der Waals surface area contributed by atoms with Gasteiger partial charge in [0.05, 0.1) is 17.4 Å². The summed E-state index contributed by atoms with van der Waals surface area (Å²) in [6.07, 6.45) is 5.70. The molecule has 1 amide bonds. The highest BCUT2D eigenvalue weighted by Crippen LogP contribution is 2.19. The first kappa shape index (κ1) is 8.99. The zero-order valence-corrected chi connectivity index (χ0v) is 7.94. The third kappa shape index (κ3) is 1.69. The number of nitrogens with zero attached hydrogens (tertiary/aromatic N) is 2. The van der Waals surface area contributed by atoms with Gasteiger partial charge in [-0.2, -0.15) is 0 Å². The molecule has 2 heterocycles. The number of hydrogen-bond acceptors (Lipinski definition) is 3. The molecule has 1 aliphatic rings. The summed E-state index contributed by atoms with van der Waals surface area (Å²) in [4.78, 5) is 17.2. The van der Waals surface area contributed by atoms with Crippen molar-refractivity contribution in [1.82, 2.24) is 4.98 Å². The molecular weight excluding hydrogens is 178 g/mol. The Labute approximate surface area is 82.7 Å². The lowest BCUT2D eigenvalue weighted by atomic mass is 10.2. The smallest absolute Gasteiger partial charge is 0.250 e. The first-order valence-electron chi connectivity index (χ1n) is 4.77. The van der Waals surface area contributed by atoms with Crippen molar-refractivity contribution >= 4 is 11.6 Å². The number of rotatable bonds is 2. The van der Waals surface area contributed by atoms with Gasteiger partial charge in [0.15, 0.2) is 0 Å². The highest BCUT2D eigenvalue weighted by Gasteiger charge is 2.13. The van der Waals surface area contributed by atoms with Crippen molar-refractivity contribution < 1.29 is 4.79 Å². The Kier molecular flexibility index (Phi) is 2.35. The Balaban J connectivity index is 2.25. The average molecular weight is 191 g/mol. The number of aromatic nitrogens is 1. The lowest BCUT2D eigenvalue weighted by Gasteiger charge is -2.16. The van der Waals surface area contributed by atoms with Crippen molar-refractivity contribution in [2.75, 3.05) is 18.0 Å². The second-order valence-electron chi connectivity index (χ2n) is 3.49. The van der Waals surface area contributed by atoms with Gasteiger partial charge < -0.3 is 10.6 Å². The molecule has 4 nitrogen and oxygen atoms in total. The summed E-state index contributed by atoms with van der Waals surface area (Å²) >= 11 is 0. The van der Waals surface area contributed by atoms with Gasteiger partial charge in [0.1, 0.15) is 0 Å². The fourth-order valence-electron chi connectivity index (χ4n) is 1.71. The van der Waals surface area contributed by atoms with E-state index in [1.165, 1.54) is 19.0 Å². The number of hydrogen-bond donors (Lipinski definition) is 1. The molecule has 0 atom stereocenters. The van der Waals surface area contributed by atoms with Gasteiger partial charge in [-0.1, -0.05) is 0 Å². The number of primary amides is 1. The van der Waals surface area contributed by atoms with Gasteiger partial charge in [-0.3, -0.25) is 9.78 Å². The van der Waals surface area contributed by atoms with Crippen LogP contribution in [-0.4, -0.2) is 24.0 Å². The van der Waals surface area contributed by atoms with E-state index in [4.69, 9.17) is 5.73 Å². The minimum atomic E-state index is -0.418. The van der Waals surface area contributed by atoms with Crippen LogP contribution in [-0.2, 0) is 0 Å². The van der Waals surface area contributed by atoms with Gasteiger partial charge in [-0.25, -0.2) is 0 Å². The molecule has 1 aromatic rings. The summed E-state index contributed by atoms with van der Waals surface area (Å²) < 4.78 is 0. The summed E-state index contributed by atoms with van der Waals surface area (Å²) in [5.41, 5.74) is 6.66. The van der Waals surface area contributed by atoms with E-state index in [0.29, 0.717) is 5.56 Å². The monoisotopic (exact) mass is 191 g/mol. The minimum Gasteiger partial charge on any atom is -0.370 e. The van der Waals surface area contributed by atoms with E-state index in [0.717, 1.165) is 18.8 Å². The van der Waals surface area contributed by atoms with Gasteiger partial charge in [0.2, 0.25) is 5.91 Å². The van der Waals surface area contributed by atoms with E-state index in [-0.39, 0.29) is 0 Å². The van der Waals surface area contributed by atoms with Crippen molar-refractivity contribution in [2.45, 2.75) is 12.8 Å². The molecule has 0 bridgehead atoms. The van der Waals surface area contributed by atoms with E-state index in [1.807, 2.05) is 0 Å². The standard InChI is InChI=1S/C10H13N3O/c11-10(14)8-5-9(7-12-6-8)13-3-1-2-4-13/h5-7H,1-4H2,(H2,11,14). The Morgan fingerprint density at radius 3 is 2.71 bits per heavy atom. The fraction of sp³-hybridized carbons (Fsp3) is 0.400. The van der Waals surface area contributed by atoms with Crippen LogP contribution in [0.25, 0.3) is 0 Å². The maximum Gasteiger partial charge on any atom is 0.250 e. The number of pyridine rings is 1. The summed E-state index contributed by atoms with van der Waals surface area (Å²) in [6.45, 7) is 2.09. The molecule has 2 rings (SSSR count). The molecule has 1 fully saturated rings. The lowest BCUT2D eigenvalue weighted by Crippen LogP contribution is -2.19. The molecule has 1 saturated heterocycles. The number of carbonyl (C=O) groups excluding carboxylic acids is 1. The van der Waals surface area contributed by atoms with Crippen LogP contribution in [0.2, 0.25) is 0 Å². The van der Waals surface area contributed by atoms with Crippen molar-refractivity contribution in [3.63, 3.8) is 0 Å². The van der Waals surface area contributed by atoms with Gasteiger partial charge in [0.25, 0.3) is 0 Å². The lowest BCUT2D eigenvalue weighted by molar-refractivity contribution is 0.1000. The van der Waals surface area contributed by atoms with Crippen LogP contribution in [0.3, 0.4) is 0 Å². The van der Waals surface area contributed by atoms with E-state index in [9.17, 15) is 4.79 Å². The zero-order chi connectivity index (χ0) is 9.97. The number of nitrogens with two attached hydrogens (primary N) is 1. The maximum absolute atomic E-state index is 10.9. The van der Waals surface area contributed by atoms with Gasteiger partial charge in [-0.05, 0) is 18.9 Å². The van der Waals surface area contributed by atoms with Crippen LogP contribution in [0.15, 0.2) is 18.5 Å². The van der Waals surface area contributed by atoms with E-state index >= 15 is 0 Å². The van der Waals surface area contributed by atoms with Crippen molar-refractivity contribution in [3.8, 4) is 0 Å². The molecule has 0 radical (unpaired) electrons. The number of carbonyl (C=O) groups is 1. The first-order valence-corrected chi connectivity index (χ1v) is 4.77. The molecule has 74 valence electrons. The van der Waals surface area contributed by atoms with E-state index < -0.39 is 5.91 Å². The predicted octanol–water partition coefficient (Wildman–Crippen LogP) is 0.781. The molecule has 14 heavy (non-hydrogen) atoms. The summed E-state index contributed by atoms with van der Waals surface area (Å²) in [5, 5.41) is 0. The van der Waals surface area contributed by atoms with Crippen LogP contribution in [0, 0.1) is 0 Å². The van der Waals surface area contributed by atoms with Gasteiger partial charge >= 0.3 is 0 Å². The SMILES string of the molecule is NC(=O)c1cncc(N2CCCC2)c1. The second-order valence-corrected chi connectivity index (χ2v) is 3.49. The normalized spacial score (nSPS) is 15.9. The van der Waals surface area contributed by atoms with E-state index in [1.54, 1.807) is 12.3 Å². The Bertz CT molecular complexity index is 345. The highest BCUT2D eigenvalue weighted by atomic mass is 16.1. The first-order chi connectivity index (χ1) is 6.77. The third-order valence-corrected chi connectivity index (χ3v) is 2.48. The Morgan fingerprint density at radius 2 is 2.07 bits per heavy atom. The number of anilines is 1. The maximum atomic E-state index is 10.9. The van der Waals surface area contributed by atoms with Crippen LogP contribution in [0.1, 0.15) is 23.2 Å². The third-order valence-electron chi connectivity index (χ3n) is 2.48. The molecular formula is C10H13N3O. The van der Waals surface area contributed by atoms with Crippen molar-refractivity contribution in [2.24, 2.45) is 5.73 Å². The molecule has 2 N–H and O–H groups in total. The molecule has 0 aliphatic carbocycles. The van der Waals surface area contributed by atoms with E-state index in [2.05, 4.69) is 9.88 Å². The molecule has 0 saturated carbocycles. The molecule has 1 aliphatic heterocycles. The summed E-state index contributed by atoms with van der Waals surface area (Å²) in [5.74, 6) is -0.418. The molecule has 4 heteroatoms. The topological polar surface area (TPSA) is 59.2 Å². The summed E-state index contributed by atoms with van der Waals surface area (Å²) in [7, 11) is 0. The molecule has 1 aromatic heterocycles. The second kappa shape index (κ2) is 3.65. The highest BCUT2D eigenvalue weighted by molar-refractivity contribution is 5.93. The largest absolute Gasteiger partial charge is 0.370 e. The van der Waals surface area contributed by atoms with Crippen LogP contribution in [0.4, 0.5) is 5.69 Å². The molecule has 0 spiro atoms. The quantitative estimate of drug-likeness (QED) is 0.751. The minimum absolute atomic E-state index is 0.418. The van der Waals surface area contributed by atoms with Gasteiger partial charge in [0, 0.05) is 19.3 Å². The summed E-state index contributed by atoms with van der Waals surface area (Å²) in [6, 6.07) is 1.81. The average Bonchev–Trinajstić information content (AvgIpc) is 2.71. The number of amides is 1. The Morgan fingerprint density at radius 1 is 1.36 bits per heavy atom. The van der Waals surface area contributed by atoms with Crippen molar-refractivity contribution in [3.05, 3.63) is 24.0 Å². The molecule has 0 unspecified atom stereocenters. The van der Waals surface area contributed by atoms with Gasteiger partial charge in [-0.15, -0.1) is 0 Å². The van der Waals surface area contributed by atoms with Crippen LogP contribution in [0.5, 0.6) is 0 Å². The van der Waals surface area contributed by atoms with Crippen LogP contribution >= 0.6 is 0 Å². The zero-order valence-electron chi connectivity index (χ0n) is 7.94. The van der Waals surface area contributed by atoms with Crippen LogP contribution < -0.4 is 10.6 Å². The van der Waals surface area contributed by atoms with Crippen molar-refractivity contribution in [1.29, 1.82) is 0 Å². The molecule has 0 aromatic carbocycles. The predicted molar refractivity (Wildman–Crippen MR) is 54.2 cm³/mol.